The minimum absolute atomic E-state index is 0.0317. The van der Waals surface area contributed by atoms with Crippen molar-refractivity contribution >= 4 is 17.5 Å². The summed E-state index contributed by atoms with van der Waals surface area (Å²) in [7, 11) is 1.89. The van der Waals surface area contributed by atoms with E-state index in [2.05, 4.69) is 15.5 Å². The van der Waals surface area contributed by atoms with E-state index < -0.39 is 0 Å². The van der Waals surface area contributed by atoms with Gasteiger partial charge in [0.15, 0.2) is 0 Å². The highest BCUT2D eigenvalue weighted by atomic mass is 16.2. The first-order valence-electron chi connectivity index (χ1n) is 9.81. The third kappa shape index (κ3) is 5.21. The molecule has 1 saturated heterocycles. The first-order chi connectivity index (χ1) is 13.2. The molecule has 1 fully saturated rings. The molecule has 1 atom stereocenters. The van der Waals surface area contributed by atoms with E-state index in [1.54, 1.807) is 21.8 Å². The topological polar surface area (TPSA) is 85.0 Å². The highest BCUT2D eigenvalue weighted by molar-refractivity contribution is 5.90. The van der Waals surface area contributed by atoms with E-state index in [9.17, 15) is 9.59 Å². The monoisotopic (exact) mass is 386 g/mol. The van der Waals surface area contributed by atoms with Gasteiger partial charge in [0.25, 0.3) is 0 Å². The minimum atomic E-state index is -0.0778. The van der Waals surface area contributed by atoms with Gasteiger partial charge in [-0.05, 0) is 24.7 Å². The number of likely N-dealkylation sites (tertiary alicyclic amines) is 1. The van der Waals surface area contributed by atoms with Crippen molar-refractivity contribution in [2.75, 3.05) is 11.9 Å². The molecule has 3 rings (SSSR count). The second-order valence-electron chi connectivity index (χ2n) is 8.76. The van der Waals surface area contributed by atoms with Crippen molar-refractivity contribution in [2.24, 2.45) is 12.5 Å². The molecule has 1 aliphatic heterocycles. The van der Waals surface area contributed by atoms with E-state index >= 15 is 0 Å². The second kappa shape index (κ2) is 8.16. The average Bonchev–Trinajstić information content (AvgIpc) is 3.22. The van der Waals surface area contributed by atoms with Crippen LogP contribution in [0.15, 0.2) is 24.8 Å². The molecule has 2 aromatic rings. The van der Waals surface area contributed by atoms with Gasteiger partial charge < -0.3 is 10.2 Å². The quantitative estimate of drug-likeness (QED) is 0.856. The van der Waals surface area contributed by atoms with E-state index in [0.29, 0.717) is 12.1 Å². The van der Waals surface area contributed by atoms with Crippen LogP contribution in [0.3, 0.4) is 0 Å². The predicted molar refractivity (Wildman–Crippen MR) is 106 cm³/mol. The summed E-state index contributed by atoms with van der Waals surface area (Å²) in [4.78, 5) is 26.9. The summed E-state index contributed by atoms with van der Waals surface area (Å²) in [6.07, 6.45) is 10.6. The fourth-order valence-electron chi connectivity index (χ4n) is 3.62. The second-order valence-corrected chi connectivity index (χ2v) is 8.76. The molecule has 0 bridgehead atoms. The number of carbonyl (C=O) groups excluding carboxylic acids is 2. The van der Waals surface area contributed by atoms with Crippen molar-refractivity contribution in [2.45, 2.75) is 59.0 Å². The van der Waals surface area contributed by atoms with Gasteiger partial charge in [-0.25, -0.2) is 0 Å². The number of hydrogen-bond acceptors (Lipinski definition) is 4. The van der Waals surface area contributed by atoms with E-state index in [0.717, 1.165) is 31.4 Å². The van der Waals surface area contributed by atoms with E-state index in [1.807, 2.05) is 45.1 Å². The van der Waals surface area contributed by atoms with Crippen LogP contribution in [0.25, 0.3) is 0 Å². The van der Waals surface area contributed by atoms with Crippen LogP contribution >= 0.6 is 0 Å². The molecule has 8 heteroatoms. The number of nitrogens with one attached hydrogen (secondary N) is 1. The Labute approximate surface area is 165 Å². The molecular formula is C20H30N6O2. The maximum Gasteiger partial charge on any atom is 0.244 e. The highest BCUT2D eigenvalue weighted by Crippen LogP contribution is 2.30. The molecule has 2 aromatic heterocycles. The third-order valence-electron chi connectivity index (χ3n) is 4.84. The zero-order valence-electron chi connectivity index (χ0n) is 17.2. The molecule has 1 unspecified atom stereocenters. The smallest absolute Gasteiger partial charge is 0.244 e. The molecule has 8 nitrogen and oxygen atoms in total. The van der Waals surface area contributed by atoms with Crippen molar-refractivity contribution in [3.05, 3.63) is 30.4 Å². The zero-order chi connectivity index (χ0) is 20.3. The Kier molecular flexibility index (Phi) is 5.86. The number of aryl methyl sites for hydroxylation is 1. The Bertz CT molecular complexity index is 832. The normalized spacial score (nSPS) is 17.6. The van der Waals surface area contributed by atoms with Crippen molar-refractivity contribution in [3.8, 4) is 0 Å². The summed E-state index contributed by atoms with van der Waals surface area (Å²) in [5, 5.41) is 11.3. The van der Waals surface area contributed by atoms with Crippen LogP contribution in [-0.4, -0.2) is 42.8 Å². The summed E-state index contributed by atoms with van der Waals surface area (Å²) in [5.41, 5.74) is 1.61. The molecule has 28 heavy (non-hydrogen) atoms. The zero-order valence-corrected chi connectivity index (χ0v) is 17.2. The SMILES string of the molecule is Cn1cc(C2CCCCN2C(=O)Cn2cc(NC(=O)CC(C)(C)C)cn2)cn1. The van der Waals surface area contributed by atoms with Gasteiger partial charge in [-0.2, -0.15) is 10.2 Å². The lowest BCUT2D eigenvalue weighted by Gasteiger charge is -2.35. The third-order valence-corrected chi connectivity index (χ3v) is 4.84. The number of carbonyl (C=O) groups is 2. The highest BCUT2D eigenvalue weighted by Gasteiger charge is 2.29. The summed E-state index contributed by atoms with van der Waals surface area (Å²) in [5.74, 6) is -0.0183. The van der Waals surface area contributed by atoms with Gasteiger partial charge in [0.2, 0.25) is 11.8 Å². The number of amides is 2. The molecule has 2 amide bonds. The van der Waals surface area contributed by atoms with Gasteiger partial charge in [-0.3, -0.25) is 19.0 Å². The summed E-state index contributed by atoms with van der Waals surface area (Å²) >= 11 is 0. The molecule has 1 aliphatic rings. The van der Waals surface area contributed by atoms with Crippen molar-refractivity contribution < 1.29 is 9.59 Å². The molecule has 0 aliphatic carbocycles. The van der Waals surface area contributed by atoms with Crippen LogP contribution < -0.4 is 5.32 Å². The van der Waals surface area contributed by atoms with Gasteiger partial charge in [-0.1, -0.05) is 20.8 Å². The number of hydrogen-bond donors (Lipinski definition) is 1. The molecule has 0 aromatic carbocycles. The van der Waals surface area contributed by atoms with Crippen LogP contribution in [0.1, 0.15) is 58.1 Å². The molecule has 1 N–H and O–H groups in total. The Morgan fingerprint density at radius 3 is 2.64 bits per heavy atom. The summed E-state index contributed by atoms with van der Waals surface area (Å²) in [6, 6.07) is 0.0662. The molecule has 0 saturated carbocycles. The fourth-order valence-corrected chi connectivity index (χ4v) is 3.62. The lowest BCUT2D eigenvalue weighted by atomic mass is 9.92. The predicted octanol–water partition coefficient (Wildman–Crippen LogP) is 2.75. The lowest BCUT2D eigenvalue weighted by Crippen LogP contribution is -2.40. The molecule has 3 heterocycles. The van der Waals surface area contributed by atoms with E-state index in [1.165, 1.54) is 0 Å². The Morgan fingerprint density at radius 1 is 1.18 bits per heavy atom. The van der Waals surface area contributed by atoms with E-state index in [4.69, 9.17) is 0 Å². The maximum atomic E-state index is 12.9. The molecule has 152 valence electrons. The first kappa shape index (κ1) is 20.1. The van der Waals surface area contributed by atoms with Crippen molar-refractivity contribution in [3.63, 3.8) is 0 Å². The summed E-state index contributed by atoms with van der Waals surface area (Å²) < 4.78 is 3.36. The Morgan fingerprint density at radius 2 is 1.96 bits per heavy atom. The number of rotatable bonds is 5. The summed E-state index contributed by atoms with van der Waals surface area (Å²) in [6.45, 7) is 6.96. The van der Waals surface area contributed by atoms with Crippen molar-refractivity contribution in [1.82, 2.24) is 24.5 Å². The van der Waals surface area contributed by atoms with Gasteiger partial charge >= 0.3 is 0 Å². The Hall–Kier alpha value is -2.64. The molecule has 0 spiro atoms. The van der Waals surface area contributed by atoms with Crippen LogP contribution in [-0.2, 0) is 23.2 Å². The molecular weight excluding hydrogens is 356 g/mol. The first-order valence-corrected chi connectivity index (χ1v) is 9.81. The largest absolute Gasteiger partial charge is 0.334 e. The van der Waals surface area contributed by atoms with Gasteiger partial charge in [0.1, 0.15) is 6.54 Å². The van der Waals surface area contributed by atoms with Crippen LogP contribution in [0.5, 0.6) is 0 Å². The van der Waals surface area contributed by atoms with Gasteiger partial charge in [-0.15, -0.1) is 0 Å². The standard InChI is InChI=1S/C20H30N6O2/c1-20(2,3)9-18(27)23-16-11-22-25(13-16)14-19(28)26-8-6-5-7-17(26)15-10-21-24(4)12-15/h10-13,17H,5-9,14H2,1-4H3,(H,23,27). The van der Waals surface area contributed by atoms with Gasteiger partial charge in [0, 0.05) is 38.0 Å². The minimum Gasteiger partial charge on any atom is -0.334 e. The number of anilines is 1. The van der Waals surface area contributed by atoms with E-state index in [-0.39, 0.29) is 29.8 Å². The van der Waals surface area contributed by atoms with Crippen LogP contribution in [0.4, 0.5) is 5.69 Å². The lowest BCUT2D eigenvalue weighted by molar-refractivity contribution is -0.136. The Balaban J connectivity index is 1.62. The molecule has 0 radical (unpaired) electrons. The number of nitrogens with zero attached hydrogens (tertiary/aromatic N) is 5. The van der Waals surface area contributed by atoms with Crippen molar-refractivity contribution in [1.29, 1.82) is 0 Å². The van der Waals surface area contributed by atoms with Crippen LogP contribution in [0, 0.1) is 5.41 Å². The number of aromatic nitrogens is 4. The average molecular weight is 387 g/mol. The fraction of sp³-hybridized carbons (Fsp3) is 0.600. The number of piperidine rings is 1. The van der Waals surface area contributed by atoms with Gasteiger partial charge in [0.05, 0.1) is 24.1 Å². The maximum absolute atomic E-state index is 12.9. The van der Waals surface area contributed by atoms with Crippen LogP contribution in [0.2, 0.25) is 0 Å².